The van der Waals surface area contributed by atoms with Gasteiger partial charge in [0.2, 0.25) is 0 Å². The molecule has 8 heteroatoms. The van der Waals surface area contributed by atoms with Crippen molar-refractivity contribution < 1.29 is 32.8 Å². The first-order valence-electron chi connectivity index (χ1n) is 12.8. The van der Waals surface area contributed by atoms with Gasteiger partial charge in [-0.2, -0.15) is 0 Å². The Morgan fingerprint density at radius 2 is 1.43 bits per heavy atom. The van der Waals surface area contributed by atoms with Gasteiger partial charge in [0, 0.05) is 13.2 Å². The summed E-state index contributed by atoms with van der Waals surface area (Å²) >= 11 is 0. The van der Waals surface area contributed by atoms with E-state index in [1.165, 1.54) is 0 Å². The maximum Gasteiger partial charge on any atom is 0.272 e. The van der Waals surface area contributed by atoms with Crippen LogP contribution in [0.25, 0.3) is 0 Å². The van der Waals surface area contributed by atoms with Crippen molar-refractivity contribution in [2.45, 2.75) is 101 Å². The topological polar surface area (TPSA) is 64.6 Å². The van der Waals surface area contributed by atoms with Gasteiger partial charge in [-0.05, 0) is 36.5 Å². The van der Waals surface area contributed by atoms with E-state index in [1.54, 1.807) is 6.08 Å². The highest BCUT2D eigenvalue weighted by atomic mass is 28.4. The molecule has 0 aromatic heterocycles. The highest BCUT2D eigenvalue weighted by molar-refractivity contribution is 6.74. The molecular formula is C27H42O7Si. The second kappa shape index (κ2) is 11.5. The van der Waals surface area contributed by atoms with Crippen molar-refractivity contribution in [1.29, 1.82) is 0 Å². The molecule has 1 aromatic rings. The first-order valence-corrected chi connectivity index (χ1v) is 15.7. The number of benzene rings is 1. The largest absolute Gasteiger partial charge is 0.417 e. The average Bonchev–Trinajstić information content (AvgIpc) is 2.81. The molecule has 7 nitrogen and oxygen atoms in total. The smallest absolute Gasteiger partial charge is 0.272 e. The molecule has 35 heavy (non-hydrogen) atoms. The van der Waals surface area contributed by atoms with Crippen LogP contribution in [0.4, 0.5) is 0 Å². The van der Waals surface area contributed by atoms with Gasteiger partial charge in [-0.3, -0.25) is 0 Å². The first-order chi connectivity index (χ1) is 16.7. The summed E-state index contributed by atoms with van der Waals surface area (Å²) in [5, 5.41) is 0.218. The lowest BCUT2D eigenvalue weighted by Crippen LogP contribution is -2.76. The average molecular weight is 507 g/mol. The van der Waals surface area contributed by atoms with Crippen molar-refractivity contribution in [3.8, 4) is 0 Å². The van der Waals surface area contributed by atoms with Gasteiger partial charge < -0.3 is 32.8 Å². The molecule has 0 radical (unpaired) electrons. The maximum absolute atomic E-state index is 6.38. The Balaban J connectivity index is 1.34. The summed E-state index contributed by atoms with van der Waals surface area (Å²) in [4.78, 5) is 0. The third-order valence-electron chi connectivity index (χ3n) is 7.56. The van der Waals surface area contributed by atoms with Crippen LogP contribution in [0.5, 0.6) is 0 Å². The summed E-state index contributed by atoms with van der Waals surface area (Å²) in [5.74, 6) is 0. The summed E-state index contributed by atoms with van der Waals surface area (Å²) in [6.07, 6.45) is 1.87. The molecule has 4 bridgehead atoms. The monoisotopic (exact) mass is 506 g/mol. The van der Waals surface area contributed by atoms with E-state index in [1.807, 2.05) is 30.3 Å². The number of rotatable bonds is 13. The van der Waals surface area contributed by atoms with E-state index in [2.05, 4.69) is 40.4 Å². The second-order valence-corrected chi connectivity index (χ2v) is 15.9. The lowest BCUT2D eigenvalue weighted by molar-refractivity contribution is -0.488. The fourth-order valence-electron chi connectivity index (χ4n) is 4.55. The van der Waals surface area contributed by atoms with E-state index in [4.69, 9.17) is 32.8 Å². The number of hydrogen-bond acceptors (Lipinski definition) is 7. The molecule has 0 N–H and O–H groups in total. The Morgan fingerprint density at radius 1 is 0.857 bits per heavy atom. The minimum atomic E-state index is -1.72. The summed E-state index contributed by atoms with van der Waals surface area (Å²) in [5.41, 5.74) is 1.10. The highest BCUT2D eigenvalue weighted by Crippen LogP contribution is 2.44. The normalized spacial score (nSPS) is 32.2. The van der Waals surface area contributed by atoms with Gasteiger partial charge in [0.1, 0.15) is 36.6 Å². The number of ether oxygens (including phenoxy) is 6. The van der Waals surface area contributed by atoms with Crippen LogP contribution < -0.4 is 0 Å². The Labute approximate surface area is 211 Å². The Bertz CT molecular complexity index is 811. The van der Waals surface area contributed by atoms with Crippen molar-refractivity contribution in [3.63, 3.8) is 0 Å². The highest BCUT2D eigenvalue weighted by Gasteiger charge is 2.63. The van der Waals surface area contributed by atoms with Gasteiger partial charge >= 0.3 is 0 Å². The van der Waals surface area contributed by atoms with Crippen LogP contribution in [0.3, 0.4) is 0 Å². The van der Waals surface area contributed by atoms with Crippen molar-refractivity contribution in [2.24, 2.45) is 0 Å². The summed E-state index contributed by atoms with van der Waals surface area (Å²) < 4.78 is 43.2. The van der Waals surface area contributed by atoms with Crippen LogP contribution in [-0.4, -0.2) is 71.2 Å². The van der Waals surface area contributed by atoms with Gasteiger partial charge in [0.15, 0.2) is 8.32 Å². The predicted octanol–water partition coefficient (Wildman–Crippen LogP) is 4.81. The van der Waals surface area contributed by atoms with E-state index in [0.29, 0.717) is 19.8 Å². The third-order valence-corrected chi connectivity index (χ3v) is 12.1. The van der Waals surface area contributed by atoms with Crippen LogP contribution in [0.1, 0.15) is 39.2 Å². The van der Waals surface area contributed by atoms with Gasteiger partial charge in [0.05, 0.1) is 13.2 Å². The molecule has 5 rings (SSSR count). The van der Waals surface area contributed by atoms with Gasteiger partial charge in [0.25, 0.3) is 6.48 Å². The molecule has 1 aromatic carbocycles. The molecule has 3 aliphatic heterocycles. The molecule has 0 amide bonds. The summed E-state index contributed by atoms with van der Waals surface area (Å²) in [7, 11) is -1.72. The zero-order chi connectivity index (χ0) is 25.1. The van der Waals surface area contributed by atoms with Crippen LogP contribution in [0.2, 0.25) is 18.1 Å². The Kier molecular flexibility index (Phi) is 8.87. The van der Waals surface area contributed by atoms with Crippen molar-refractivity contribution in [1.82, 2.24) is 0 Å². The fraction of sp³-hybridized carbons (Fsp3) is 0.704. The van der Waals surface area contributed by atoms with Gasteiger partial charge in [-0.1, -0.05) is 57.2 Å². The summed E-state index contributed by atoms with van der Waals surface area (Å²) in [6.45, 7) is 16.7. The maximum atomic E-state index is 6.38. The fourth-order valence-corrected chi connectivity index (χ4v) is 5.64. The first kappa shape index (κ1) is 26.9. The molecule has 3 heterocycles. The molecule has 1 aliphatic carbocycles. The predicted molar refractivity (Wildman–Crippen MR) is 135 cm³/mol. The lowest BCUT2D eigenvalue weighted by atomic mass is 9.82. The molecular weight excluding hydrogens is 464 g/mol. The van der Waals surface area contributed by atoms with Gasteiger partial charge in [-0.15, -0.1) is 6.58 Å². The standard InChI is InChI=1S/C27H42O7Si/c1-7-15-28-20-23-21(29-16-11-12-17-31-35(5,6)27(2,3)4)25-22(24(20)33-26(32-23)34-25)30-18-19-13-9-8-10-14-19/h7-10,13-14,20-26H,1,11-12,15-18H2,2-6H3/t20-,21+,22+,23+,24-,25-,26-/m0/s1. The molecule has 7 atom stereocenters. The molecule has 1 saturated carbocycles. The lowest BCUT2D eigenvalue weighted by Gasteiger charge is -2.58. The minimum Gasteiger partial charge on any atom is -0.417 e. The second-order valence-electron chi connectivity index (χ2n) is 11.1. The van der Waals surface area contributed by atoms with E-state index >= 15 is 0 Å². The molecule has 196 valence electrons. The van der Waals surface area contributed by atoms with Crippen molar-refractivity contribution in [3.05, 3.63) is 48.6 Å². The molecule has 4 aliphatic rings. The van der Waals surface area contributed by atoms with E-state index in [-0.39, 0.29) is 41.7 Å². The molecule has 3 saturated heterocycles. The van der Waals surface area contributed by atoms with E-state index in [9.17, 15) is 0 Å². The van der Waals surface area contributed by atoms with Crippen LogP contribution >= 0.6 is 0 Å². The van der Waals surface area contributed by atoms with Crippen molar-refractivity contribution >= 4 is 8.32 Å². The quantitative estimate of drug-likeness (QED) is 0.216. The third kappa shape index (κ3) is 6.25. The zero-order valence-electron chi connectivity index (χ0n) is 21.8. The van der Waals surface area contributed by atoms with E-state index in [0.717, 1.165) is 25.0 Å². The number of unbranched alkanes of at least 4 members (excludes halogenated alkanes) is 1. The van der Waals surface area contributed by atoms with Crippen LogP contribution in [-0.2, 0) is 39.5 Å². The Morgan fingerprint density at radius 3 is 2.03 bits per heavy atom. The summed E-state index contributed by atoms with van der Waals surface area (Å²) in [6, 6.07) is 10.1. The van der Waals surface area contributed by atoms with Gasteiger partial charge in [-0.25, -0.2) is 0 Å². The van der Waals surface area contributed by atoms with Crippen molar-refractivity contribution in [2.75, 3.05) is 19.8 Å². The molecule has 0 unspecified atom stereocenters. The van der Waals surface area contributed by atoms with Crippen LogP contribution in [0, 0.1) is 0 Å². The Hall–Kier alpha value is -1.10. The van der Waals surface area contributed by atoms with E-state index < -0.39 is 14.8 Å². The number of hydrogen-bond donors (Lipinski definition) is 0. The zero-order valence-corrected chi connectivity index (χ0v) is 22.8. The SMILES string of the molecule is C=CCO[C@H]1[C@H]2O[C@H]3O[C@@H]1[C@@H](OCc1ccccc1)[C@@H](O3)[C@@H]2OCCCCO[Si](C)(C)C(C)(C)C. The van der Waals surface area contributed by atoms with Crippen LogP contribution in [0.15, 0.2) is 43.0 Å². The molecule has 4 fully saturated rings. The minimum absolute atomic E-state index is 0.218. The molecule has 0 spiro atoms.